The van der Waals surface area contributed by atoms with Gasteiger partial charge in [0.05, 0.1) is 6.04 Å². The van der Waals surface area contributed by atoms with Crippen molar-refractivity contribution in [3.63, 3.8) is 0 Å². The van der Waals surface area contributed by atoms with Gasteiger partial charge in [0.2, 0.25) is 6.41 Å². The van der Waals surface area contributed by atoms with Crippen molar-refractivity contribution in [2.24, 2.45) is 0 Å². The summed E-state index contributed by atoms with van der Waals surface area (Å²) in [6.07, 6.45) is 5.80. The molecular formula is C20H30N4O3. The van der Waals surface area contributed by atoms with Crippen LogP contribution >= 0.6 is 0 Å². The topological polar surface area (TPSA) is 66.0 Å². The first kappa shape index (κ1) is 19.5. The average molecular weight is 374 g/mol. The molecule has 2 fully saturated rings. The number of anilines is 1. The van der Waals surface area contributed by atoms with E-state index in [1.165, 1.54) is 0 Å². The van der Waals surface area contributed by atoms with Crippen molar-refractivity contribution in [3.05, 3.63) is 23.9 Å². The lowest BCUT2D eigenvalue weighted by Crippen LogP contribution is -2.50. The Morgan fingerprint density at radius 3 is 2.48 bits per heavy atom. The monoisotopic (exact) mass is 374 g/mol. The number of likely N-dealkylation sites (tertiary alicyclic amines) is 1. The van der Waals surface area contributed by atoms with Crippen LogP contribution in [-0.2, 0) is 9.53 Å². The van der Waals surface area contributed by atoms with Crippen LogP contribution in [0.5, 0.6) is 0 Å². The summed E-state index contributed by atoms with van der Waals surface area (Å²) in [7, 11) is 0. The van der Waals surface area contributed by atoms with E-state index in [0.717, 1.165) is 56.7 Å². The molecule has 0 unspecified atom stereocenters. The molecule has 1 aromatic rings. The predicted octanol–water partition coefficient (Wildman–Crippen LogP) is 2.82. The van der Waals surface area contributed by atoms with E-state index in [1.807, 2.05) is 37.9 Å². The Labute approximate surface area is 161 Å². The molecule has 0 aliphatic carbocycles. The van der Waals surface area contributed by atoms with Gasteiger partial charge < -0.3 is 19.4 Å². The standard InChI is InChI=1S/C20H30N4O3/c1-20(2,3)27-19(26)23-12-10-22(11-13-23)18-8-7-16(14-21-18)17-6-4-5-9-24(17)15-25/h7-8,14-15,17H,4-6,9-13H2,1-3H3/t17-/m0/s1. The zero-order valence-electron chi connectivity index (χ0n) is 16.6. The Morgan fingerprint density at radius 1 is 1.15 bits per heavy atom. The molecule has 3 rings (SSSR count). The Bertz CT molecular complexity index is 648. The number of pyridine rings is 1. The zero-order valence-corrected chi connectivity index (χ0v) is 16.6. The molecule has 7 heteroatoms. The minimum absolute atomic E-state index is 0.141. The van der Waals surface area contributed by atoms with E-state index >= 15 is 0 Å². The third kappa shape index (κ3) is 4.90. The number of ether oxygens (including phenoxy) is 1. The number of piperidine rings is 1. The minimum atomic E-state index is -0.472. The van der Waals surface area contributed by atoms with Gasteiger partial charge in [0.15, 0.2) is 0 Å². The molecule has 0 bridgehead atoms. The molecule has 7 nitrogen and oxygen atoms in total. The lowest BCUT2D eigenvalue weighted by Gasteiger charge is -2.36. The van der Waals surface area contributed by atoms with Gasteiger partial charge in [-0.05, 0) is 51.7 Å². The van der Waals surface area contributed by atoms with Gasteiger partial charge >= 0.3 is 6.09 Å². The van der Waals surface area contributed by atoms with Crippen molar-refractivity contribution in [2.45, 2.75) is 51.7 Å². The Morgan fingerprint density at radius 2 is 1.89 bits per heavy atom. The summed E-state index contributed by atoms with van der Waals surface area (Å²) in [4.78, 5) is 33.9. The van der Waals surface area contributed by atoms with Crippen LogP contribution < -0.4 is 4.90 Å². The smallest absolute Gasteiger partial charge is 0.410 e. The van der Waals surface area contributed by atoms with Crippen molar-refractivity contribution in [1.29, 1.82) is 0 Å². The maximum absolute atomic E-state index is 12.2. The van der Waals surface area contributed by atoms with E-state index in [9.17, 15) is 9.59 Å². The fourth-order valence-electron chi connectivity index (χ4n) is 3.66. The third-order valence-electron chi connectivity index (χ3n) is 5.09. The number of nitrogens with zero attached hydrogens (tertiary/aromatic N) is 4. The predicted molar refractivity (Wildman–Crippen MR) is 104 cm³/mol. The molecular weight excluding hydrogens is 344 g/mol. The van der Waals surface area contributed by atoms with E-state index in [1.54, 1.807) is 4.90 Å². The number of carbonyl (C=O) groups excluding carboxylic acids is 2. The van der Waals surface area contributed by atoms with Crippen molar-refractivity contribution in [2.75, 3.05) is 37.6 Å². The molecule has 27 heavy (non-hydrogen) atoms. The summed E-state index contributed by atoms with van der Waals surface area (Å²) in [5.74, 6) is 0.913. The molecule has 148 valence electrons. The van der Waals surface area contributed by atoms with Gasteiger partial charge in [-0.3, -0.25) is 4.79 Å². The Hall–Kier alpha value is -2.31. The van der Waals surface area contributed by atoms with Crippen LogP contribution in [0.15, 0.2) is 18.3 Å². The lowest BCUT2D eigenvalue weighted by molar-refractivity contribution is -0.121. The Balaban J connectivity index is 1.57. The summed E-state index contributed by atoms with van der Waals surface area (Å²) in [6.45, 7) is 9.17. The van der Waals surface area contributed by atoms with Gasteiger partial charge in [-0.2, -0.15) is 0 Å². The SMILES string of the molecule is CC(C)(C)OC(=O)N1CCN(c2ccc([C@@H]3CCCCN3C=O)cn2)CC1. The van der Waals surface area contributed by atoms with E-state index < -0.39 is 5.60 Å². The molecule has 2 aliphatic heterocycles. The van der Waals surface area contributed by atoms with Crippen molar-refractivity contribution < 1.29 is 14.3 Å². The summed E-state index contributed by atoms with van der Waals surface area (Å²) in [5.41, 5.74) is 0.623. The first-order chi connectivity index (χ1) is 12.9. The van der Waals surface area contributed by atoms with E-state index in [0.29, 0.717) is 13.1 Å². The quantitative estimate of drug-likeness (QED) is 0.761. The molecule has 0 saturated carbocycles. The van der Waals surface area contributed by atoms with Crippen LogP contribution in [0.2, 0.25) is 0 Å². The summed E-state index contributed by atoms with van der Waals surface area (Å²) in [6, 6.07) is 4.24. The molecule has 0 aromatic carbocycles. The van der Waals surface area contributed by atoms with Gasteiger partial charge in [-0.1, -0.05) is 6.07 Å². The minimum Gasteiger partial charge on any atom is -0.444 e. The molecule has 2 saturated heterocycles. The number of carbonyl (C=O) groups is 2. The fourth-order valence-corrected chi connectivity index (χ4v) is 3.66. The van der Waals surface area contributed by atoms with Gasteiger partial charge in [0, 0.05) is 38.9 Å². The highest BCUT2D eigenvalue weighted by Crippen LogP contribution is 2.30. The number of hydrogen-bond donors (Lipinski definition) is 0. The first-order valence-corrected chi connectivity index (χ1v) is 9.77. The van der Waals surface area contributed by atoms with Crippen LogP contribution in [0, 0.1) is 0 Å². The van der Waals surface area contributed by atoms with Gasteiger partial charge in [-0.15, -0.1) is 0 Å². The second-order valence-electron chi connectivity index (χ2n) is 8.26. The number of amides is 2. The second-order valence-corrected chi connectivity index (χ2v) is 8.26. The van der Waals surface area contributed by atoms with E-state index in [4.69, 9.17) is 4.74 Å². The molecule has 0 spiro atoms. The van der Waals surface area contributed by atoms with Gasteiger partial charge in [0.25, 0.3) is 0 Å². The van der Waals surface area contributed by atoms with Crippen LogP contribution in [0.1, 0.15) is 51.6 Å². The highest BCUT2D eigenvalue weighted by atomic mass is 16.6. The van der Waals surface area contributed by atoms with Crippen LogP contribution in [0.3, 0.4) is 0 Å². The van der Waals surface area contributed by atoms with Gasteiger partial charge in [0.1, 0.15) is 11.4 Å². The molecule has 0 radical (unpaired) electrons. The first-order valence-electron chi connectivity index (χ1n) is 9.77. The number of aromatic nitrogens is 1. The van der Waals surface area contributed by atoms with E-state index in [2.05, 4.69) is 16.0 Å². The summed E-state index contributed by atoms with van der Waals surface area (Å²) >= 11 is 0. The van der Waals surface area contributed by atoms with Crippen molar-refractivity contribution >= 4 is 18.3 Å². The molecule has 0 N–H and O–H groups in total. The fraction of sp³-hybridized carbons (Fsp3) is 0.650. The maximum Gasteiger partial charge on any atom is 0.410 e. The van der Waals surface area contributed by atoms with Gasteiger partial charge in [-0.25, -0.2) is 9.78 Å². The number of piperazine rings is 1. The zero-order chi connectivity index (χ0) is 19.4. The Kier molecular flexibility index (Phi) is 5.87. The average Bonchev–Trinajstić information content (AvgIpc) is 2.67. The molecule has 1 atom stereocenters. The van der Waals surface area contributed by atoms with Crippen molar-refractivity contribution in [1.82, 2.24) is 14.8 Å². The molecule has 1 aromatic heterocycles. The molecule has 2 aliphatic rings. The number of hydrogen-bond acceptors (Lipinski definition) is 5. The maximum atomic E-state index is 12.2. The largest absolute Gasteiger partial charge is 0.444 e. The van der Waals surface area contributed by atoms with Crippen LogP contribution in [0.4, 0.5) is 10.6 Å². The van der Waals surface area contributed by atoms with E-state index in [-0.39, 0.29) is 12.1 Å². The highest BCUT2D eigenvalue weighted by molar-refractivity contribution is 5.68. The second kappa shape index (κ2) is 8.15. The van der Waals surface area contributed by atoms with Crippen LogP contribution in [-0.4, -0.2) is 65.6 Å². The summed E-state index contributed by atoms with van der Waals surface area (Å²) < 4.78 is 5.44. The normalized spacial score (nSPS) is 21.1. The van der Waals surface area contributed by atoms with Crippen LogP contribution in [0.25, 0.3) is 0 Å². The highest BCUT2D eigenvalue weighted by Gasteiger charge is 2.27. The summed E-state index contributed by atoms with van der Waals surface area (Å²) in [5, 5.41) is 0. The third-order valence-corrected chi connectivity index (χ3v) is 5.09. The molecule has 2 amide bonds. The molecule has 3 heterocycles. The van der Waals surface area contributed by atoms with Crippen molar-refractivity contribution in [3.8, 4) is 0 Å². The lowest BCUT2D eigenvalue weighted by atomic mass is 9.97. The number of rotatable bonds is 3.